The highest BCUT2D eigenvalue weighted by molar-refractivity contribution is 5.94. The first kappa shape index (κ1) is 30.7. The van der Waals surface area contributed by atoms with Crippen LogP contribution in [0.25, 0.3) is 10.9 Å². The number of hydrogen-bond donors (Lipinski definition) is 9. The fourth-order valence-electron chi connectivity index (χ4n) is 4.54. The first-order valence-electron chi connectivity index (χ1n) is 13.4. The number of carbonyl (C=O) groups is 4. The van der Waals surface area contributed by atoms with E-state index >= 15 is 0 Å². The molecule has 4 unspecified atom stereocenters. The van der Waals surface area contributed by atoms with E-state index in [0.717, 1.165) is 10.9 Å². The van der Waals surface area contributed by atoms with Gasteiger partial charge in [0, 0.05) is 41.8 Å². The van der Waals surface area contributed by atoms with Crippen molar-refractivity contribution in [1.82, 2.24) is 30.9 Å². The lowest BCUT2D eigenvalue weighted by molar-refractivity contribution is -0.142. The van der Waals surface area contributed by atoms with Crippen LogP contribution >= 0.6 is 0 Å². The number of para-hydroxylation sites is 1. The normalized spacial score (nSPS) is 13.9. The van der Waals surface area contributed by atoms with E-state index in [1.54, 1.807) is 18.3 Å². The minimum atomic E-state index is -1.45. The van der Waals surface area contributed by atoms with E-state index in [-0.39, 0.29) is 25.0 Å². The van der Waals surface area contributed by atoms with Gasteiger partial charge in [-0.25, -0.2) is 9.78 Å². The molecule has 0 saturated heterocycles. The zero-order valence-electron chi connectivity index (χ0n) is 23.0. The zero-order chi connectivity index (χ0) is 30.9. The van der Waals surface area contributed by atoms with Gasteiger partial charge in [-0.15, -0.1) is 0 Å². The second kappa shape index (κ2) is 14.1. The van der Waals surface area contributed by atoms with Crippen LogP contribution in [0.15, 0.2) is 67.3 Å². The lowest BCUT2D eigenvalue weighted by Gasteiger charge is -2.24. The Morgan fingerprint density at radius 1 is 0.837 bits per heavy atom. The number of phenols is 1. The fourth-order valence-corrected chi connectivity index (χ4v) is 4.54. The van der Waals surface area contributed by atoms with Gasteiger partial charge in [-0.05, 0) is 35.7 Å². The van der Waals surface area contributed by atoms with Crippen molar-refractivity contribution in [1.29, 1.82) is 0 Å². The number of nitrogens with two attached hydrogens (primary N) is 1. The van der Waals surface area contributed by atoms with E-state index in [1.165, 1.54) is 24.7 Å². The van der Waals surface area contributed by atoms with Crippen molar-refractivity contribution in [2.24, 2.45) is 5.73 Å². The molecule has 4 atom stereocenters. The molecule has 0 aliphatic heterocycles. The summed E-state index contributed by atoms with van der Waals surface area (Å²) < 4.78 is 0. The molecule has 43 heavy (non-hydrogen) atoms. The molecular weight excluding hydrogens is 558 g/mol. The van der Waals surface area contributed by atoms with Gasteiger partial charge in [-0.3, -0.25) is 14.4 Å². The highest BCUT2D eigenvalue weighted by Crippen LogP contribution is 2.19. The van der Waals surface area contributed by atoms with Crippen LogP contribution in [0.1, 0.15) is 16.8 Å². The van der Waals surface area contributed by atoms with Crippen LogP contribution < -0.4 is 21.7 Å². The minimum absolute atomic E-state index is 0.0238. The molecule has 4 rings (SSSR count). The molecule has 0 saturated carbocycles. The van der Waals surface area contributed by atoms with Gasteiger partial charge in [-0.1, -0.05) is 30.3 Å². The molecule has 0 aliphatic rings. The Balaban J connectivity index is 1.43. The summed E-state index contributed by atoms with van der Waals surface area (Å²) >= 11 is 0. The van der Waals surface area contributed by atoms with E-state index in [9.17, 15) is 34.5 Å². The first-order chi connectivity index (χ1) is 20.6. The molecule has 0 bridgehead atoms. The van der Waals surface area contributed by atoms with E-state index in [0.29, 0.717) is 16.8 Å². The number of carboxylic acid groups (broad SMARTS) is 1. The third-order valence-electron chi connectivity index (χ3n) is 6.87. The molecule has 0 fully saturated rings. The smallest absolute Gasteiger partial charge is 0.326 e. The first-order valence-corrected chi connectivity index (χ1v) is 13.4. The summed E-state index contributed by atoms with van der Waals surface area (Å²) in [5.41, 5.74) is 8.63. The number of aromatic amines is 2. The van der Waals surface area contributed by atoms with Crippen molar-refractivity contribution in [3.05, 3.63) is 84.1 Å². The predicted octanol–water partition coefficient (Wildman–Crippen LogP) is -0.517. The number of carbonyl (C=O) groups excluding carboxylic acids is 3. The van der Waals surface area contributed by atoms with Crippen LogP contribution in [0.5, 0.6) is 5.75 Å². The van der Waals surface area contributed by atoms with Gasteiger partial charge in [-0.2, -0.15) is 0 Å². The van der Waals surface area contributed by atoms with Crippen molar-refractivity contribution in [2.45, 2.75) is 43.4 Å². The number of nitrogens with one attached hydrogen (secondary N) is 5. The number of hydrogen-bond acceptors (Lipinski definition) is 8. The van der Waals surface area contributed by atoms with Crippen molar-refractivity contribution < 1.29 is 34.5 Å². The number of aromatic nitrogens is 3. The summed E-state index contributed by atoms with van der Waals surface area (Å²) in [5.74, 6) is -3.60. The Labute approximate surface area is 245 Å². The maximum atomic E-state index is 13.4. The lowest BCUT2D eigenvalue weighted by atomic mass is 10.0. The number of amides is 3. The number of aliphatic hydroxyl groups is 1. The summed E-state index contributed by atoms with van der Waals surface area (Å²) in [6.07, 6.45) is 4.50. The number of nitrogens with zero attached hydrogens (tertiary/aromatic N) is 1. The zero-order valence-corrected chi connectivity index (χ0v) is 23.0. The Bertz CT molecular complexity index is 1550. The molecule has 14 nitrogen and oxygen atoms in total. The summed E-state index contributed by atoms with van der Waals surface area (Å²) in [6.45, 7) is -0.791. The maximum Gasteiger partial charge on any atom is 0.326 e. The lowest BCUT2D eigenvalue weighted by Crippen LogP contribution is -2.58. The average Bonchev–Trinajstić information content (AvgIpc) is 3.66. The molecule has 0 radical (unpaired) electrons. The molecular formula is C29H33N7O7. The van der Waals surface area contributed by atoms with Crippen LogP contribution in [0, 0.1) is 0 Å². The standard InChI is InChI=1S/C29H33N7O7/c30-21(9-16-5-7-19(38)8-6-16)26(39)36-25(14-37)28(41)34-23(11-18-13-31-15-33-18)27(40)35-24(29(42)43)10-17-12-32-22-4-2-1-3-20(17)22/h1-8,12-13,15,21,23-25,32,37-38H,9-11,14,30H2,(H,31,33)(H,34,41)(H,35,40)(H,36,39)(H,42,43). The molecule has 10 N–H and O–H groups in total. The number of carboxylic acids is 1. The summed E-state index contributed by atoms with van der Waals surface area (Å²) in [6, 6.07) is 8.31. The Kier molecular flexibility index (Phi) is 10.1. The highest BCUT2D eigenvalue weighted by atomic mass is 16.4. The topological polar surface area (TPSA) is 236 Å². The largest absolute Gasteiger partial charge is 0.508 e. The molecule has 0 aliphatic carbocycles. The quantitative estimate of drug-likeness (QED) is 0.0916. The number of phenolic OH excluding ortho intramolecular Hbond substituents is 1. The van der Waals surface area contributed by atoms with Gasteiger partial charge in [0.2, 0.25) is 17.7 Å². The Morgan fingerprint density at radius 2 is 1.51 bits per heavy atom. The van der Waals surface area contributed by atoms with Crippen molar-refractivity contribution >= 4 is 34.6 Å². The molecule has 226 valence electrons. The van der Waals surface area contributed by atoms with Crippen LogP contribution in [-0.4, -0.2) is 84.7 Å². The van der Waals surface area contributed by atoms with E-state index in [2.05, 4.69) is 30.9 Å². The number of aromatic hydroxyl groups is 1. The number of rotatable bonds is 14. The molecule has 3 amide bonds. The second-order valence-electron chi connectivity index (χ2n) is 10.0. The predicted molar refractivity (Wildman–Crippen MR) is 155 cm³/mol. The van der Waals surface area contributed by atoms with E-state index in [4.69, 9.17) is 5.73 Å². The molecule has 2 heterocycles. The molecule has 0 spiro atoms. The minimum Gasteiger partial charge on any atom is -0.508 e. The van der Waals surface area contributed by atoms with Gasteiger partial charge in [0.25, 0.3) is 0 Å². The maximum absolute atomic E-state index is 13.4. The van der Waals surface area contributed by atoms with Gasteiger partial charge in [0.05, 0.1) is 19.0 Å². The average molecular weight is 592 g/mol. The van der Waals surface area contributed by atoms with Crippen molar-refractivity contribution in [3.8, 4) is 5.75 Å². The Hall–Kier alpha value is -5.21. The summed E-state index contributed by atoms with van der Waals surface area (Å²) in [7, 11) is 0. The number of aliphatic hydroxyl groups excluding tert-OH is 1. The fraction of sp³-hybridized carbons (Fsp3) is 0.276. The van der Waals surface area contributed by atoms with Crippen LogP contribution in [0.3, 0.4) is 0 Å². The van der Waals surface area contributed by atoms with Crippen LogP contribution in [0.4, 0.5) is 0 Å². The number of benzene rings is 2. The SMILES string of the molecule is NC(Cc1ccc(O)cc1)C(=O)NC(CO)C(=O)NC(Cc1cnc[nH]1)C(=O)NC(Cc1c[nH]c2ccccc12)C(=O)O. The molecule has 4 aromatic rings. The number of H-pyrrole nitrogens is 2. The third-order valence-corrected chi connectivity index (χ3v) is 6.87. The molecule has 2 aromatic heterocycles. The van der Waals surface area contributed by atoms with Gasteiger partial charge in [0.15, 0.2) is 0 Å². The molecule has 2 aromatic carbocycles. The van der Waals surface area contributed by atoms with Crippen LogP contribution in [0.2, 0.25) is 0 Å². The number of aliphatic carboxylic acids is 1. The van der Waals surface area contributed by atoms with E-state index < -0.39 is 54.5 Å². The van der Waals surface area contributed by atoms with Gasteiger partial charge < -0.3 is 47.0 Å². The van der Waals surface area contributed by atoms with Gasteiger partial charge in [0.1, 0.15) is 23.9 Å². The number of imidazole rings is 1. The summed E-state index contributed by atoms with van der Waals surface area (Å²) in [5, 5.41) is 37.4. The highest BCUT2D eigenvalue weighted by Gasteiger charge is 2.31. The third kappa shape index (κ3) is 8.18. The second-order valence-corrected chi connectivity index (χ2v) is 10.0. The molecule has 14 heteroatoms. The van der Waals surface area contributed by atoms with E-state index in [1.807, 2.05) is 24.3 Å². The van der Waals surface area contributed by atoms with Crippen LogP contribution in [-0.2, 0) is 38.4 Å². The van der Waals surface area contributed by atoms with Crippen molar-refractivity contribution in [2.75, 3.05) is 6.61 Å². The summed E-state index contributed by atoms with van der Waals surface area (Å²) in [4.78, 5) is 61.1. The monoisotopic (exact) mass is 591 g/mol. The Morgan fingerprint density at radius 3 is 2.19 bits per heavy atom. The van der Waals surface area contributed by atoms with Gasteiger partial charge >= 0.3 is 5.97 Å². The van der Waals surface area contributed by atoms with Crippen molar-refractivity contribution in [3.63, 3.8) is 0 Å². The number of fused-ring (bicyclic) bond motifs is 1.